The molecule has 0 aromatic heterocycles. The van der Waals surface area contributed by atoms with Crippen LogP contribution in [0.4, 0.5) is 0 Å². The molecule has 0 aliphatic rings. The summed E-state index contributed by atoms with van der Waals surface area (Å²) in [6, 6.07) is 15.4. The maximum Gasteiger partial charge on any atom is 0.225 e. The van der Waals surface area contributed by atoms with Gasteiger partial charge in [0.25, 0.3) is 0 Å². The number of carbonyl (C=O) groups is 1. The second-order valence-electron chi connectivity index (χ2n) is 8.00. The van der Waals surface area contributed by atoms with Crippen LogP contribution in [0.2, 0.25) is 0 Å². The number of carbonyl (C=O) groups excluding carboxylic acids is 1. The normalized spacial score (nSPS) is 15.0. The molecule has 2 aromatic rings. The Morgan fingerprint density at radius 1 is 0.963 bits per heavy atom. The van der Waals surface area contributed by atoms with E-state index in [1.165, 1.54) is 5.56 Å². The molecule has 2 N–H and O–H groups in total. The van der Waals surface area contributed by atoms with Crippen LogP contribution < -0.4 is 10.0 Å². The van der Waals surface area contributed by atoms with E-state index in [0.29, 0.717) is 4.90 Å². The van der Waals surface area contributed by atoms with Gasteiger partial charge < -0.3 is 5.32 Å². The molecular formula is C22H30N2O2S. The Kier molecular flexibility index (Phi) is 6.95. The third kappa shape index (κ3) is 5.75. The van der Waals surface area contributed by atoms with E-state index in [1.54, 1.807) is 0 Å². The first-order valence-corrected chi connectivity index (χ1v) is 10.4. The van der Waals surface area contributed by atoms with Crippen molar-refractivity contribution in [1.82, 2.24) is 10.0 Å². The number of amides is 1. The Hall–Kier alpha value is -1.98. The van der Waals surface area contributed by atoms with Gasteiger partial charge in [-0.3, -0.25) is 4.79 Å². The van der Waals surface area contributed by atoms with Crippen LogP contribution in [0.3, 0.4) is 0 Å². The van der Waals surface area contributed by atoms with Crippen molar-refractivity contribution < 1.29 is 9.00 Å². The average Bonchev–Trinajstić information content (AvgIpc) is 2.61. The van der Waals surface area contributed by atoms with Crippen molar-refractivity contribution in [3.8, 4) is 0 Å². The molecule has 1 unspecified atom stereocenters. The average molecular weight is 387 g/mol. The fourth-order valence-corrected chi connectivity index (χ4v) is 3.89. The van der Waals surface area contributed by atoms with Crippen molar-refractivity contribution in [1.29, 1.82) is 0 Å². The molecule has 2 aromatic carbocycles. The van der Waals surface area contributed by atoms with Gasteiger partial charge in [-0.05, 0) is 38.0 Å². The number of rotatable bonds is 6. The second kappa shape index (κ2) is 8.81. The van der Waals surface area contributed by atoms with Gasteiger partial charge in [0.15, 0.2) is 0 Å². The highest BCUT2D eigenvalue weighted by atomic mass is 32.2. The first-order chi connectivity index (χ1) is 12.6. The molecule has 0 fully saturated rings. The first-order valence-electron chi connectivity index (χ1n) is 9.24. The lowest BCUT2D eigenvalue weighted by Gasteiger charge is -2.24. The van der Waals surface area contributed by atoms with Gasteiger partial charge in [0.1, 0.15) is 11.0 Å². The fraction of sp³-hybridized carbons (Fsp3) is 0.409. The molecule has 27 heavy (non-hydrogen) atoms. The summed E-state index contributed by atoms with van der Waals surface area (Å²) in [6.45, 7) is 11.6. The Bertz CT molecular complexity index is 810. The number of hydrogen-bond acceptors (Lipinski definition) is 2. The maximum absolute atomic E-state index is 13.0. The number of hydrogen-bond donors (Lipinski definition) is 2. The van der Waals surface area contributed by atoms with Crippen molar-refractivity contribution in [3.05, 3.63) is 65.2 Å². The van der Waals surface area contributed by atoms with Crippen molar-refractivity contribution in [2.75, 3.05) is 0 Å². The molecule has 0 heterocycles. The van der Waals surface area contributed by atoms with E-state index in [0.717, 1.165) is 11.1 Å². The molecule has 0 saturated carbocycles. The SMILES string of the molecule is Cc1ccc([C@@H](C)NS(=O)c2ccccc2[C@@H](C)NC(=O)C(C)(C)C)cc1. The van der Waals surface area contributed by atoms with E-state index >= 15 is 0 Å². The van der Waals surface area contributed by atoms with Crippen LogP contribution in [0, 0.1) is 12.3 Å². The van der Waals surface area contributed by atoms with E-state index in [2.05, 4.69) is 22.2 Å². The van der Waals surface area contributed by atoms with Crippen molar-refractivity contribution in [3.63, 3.8) is 0 Å². The zero-order valence-electron chi connectivity index (χ0n) is 17.0. The van der Waals surface area contributed by atoms with Crippen LogP contribution in [-0.2, 0) is 15.8 Å². The predicted octanol–water partition coefficient (Wildman–Crippen LogP) is 4.59. The van der Waals surface area contributed by atoms with Gasteiger partial charge in [-0.2, -0.15) is 0 Å². The molecule has 146 valence electrons. The van der Waals surface area contributed by atoms with Gasteiger partial charge in [-0.25, -0.2) is 8.93 Å². The van der Waals surface area contributed by atoms with E-state index in [4.69, 9.17) is 0 Å². The van der Waals surface area contributed by atoms with Crippen LogP contribution in [0.15, 0.2) is 53.4 Å². The lowest BCUT2D eigenvalue weighted by Crippen LogP contribution is -2.37. The predicted molar refractivity (Wildman–Crippen MR) is 112 cm³/mol. The Morgan fingerprint density at radius 2 is 1.56 bits per heavy atom. The summed E-state index contributed by atoms with van der Waals surface area (Å²) in [5.41, 5.74) is 2.67. The standard InChI is InChI=1S/C22H30N2O2S/c1-15-11-13-18(14-12-15)16(2)24-27(26)20-10-8-7-9-19(20)17(3)23-21(25)22(4,5)6/h7-14,16-17,24H,1-6H3,(H,23,25)/t16-,17-,27?/m1/s1. The van der Waals surface area contributed by atoms with Crippen molar-refractivity contribution in [2.24, 2.45) is 5.41 Å². The number of benzene rings is 2. The molecule has 0 aliphatic heterocycles. The summed E-state index contributed by atoms with van der Waals surface area (Å²) >= 11 is 0. The number of aryl methyl sites for hydroxylation is 1. The molecule has 5 heteroatoms. The summed E-state index contributed by atoms with van der Waals surface area (Å²) in [7, 11) is -1.39. The molecule has 0 aliphatic carbocycles. The topological polar surface area (TPSA) is 58.2 Å². The van der Waals surface area contributed by atoms with Gasteiger partial charge in [0.2, 0.25) is 5.91 Å². The van der Waals surface area contributed by atoms with Gasteiger partial charge in [0, 0.05) is 11.5 Å². The van der Waals surface area contributed by atoms with Gasteiger partial charge >= 0.3 is 0 Å². The molecule has 1 amide bonds. The minimum absolute atomic E-state index is 0.0310. The highest BCUT2D eigenvalue weighted by Crippen LogP contribution is 2.24. The second-order valence-corrected chi connectivity index (χ2v) is 9.21. The van der Waals surface area contributed by atoms with Crippen molar-refractivity contribution >= 4 is 16.9 Å². The van der Waals surface area contributed by atoms with Crippen LogP contribution in [0.25, 0.3) is 0 Å². The van der Waals surface area contributed by atoms with Crippen LogP contribution in [-0.4, -0.2) is 10.1 Å². The lowest BCUT2D eigenvalue weighted by molar-refractivity contribution is -0.129. The first kappa shape index (κ1) is 21.3. The van der Waals surface area contributed by atoms with E-state index in [1.807, 2.05) is 77.9 Å². The van der Waals surface area contributed by atoms with E-state index < -0.39 is 16.4 Å². The van der Waals surface area contributed by atoms with Gasteiger partial charge in [-0.1, -0.05) is 68.8 Å². The molecule has 0 saturated heterocycles. The smallest absolute Gasteiger partial charge is 0.225 e. The van der Waals surface area contributed by atoms with Gasteiger partial charge in [-0.15, -0.1) is 0 Å². The lowest BCUT2D eigenvalue weighted by atomic mass is 9.94. The quantitative estimate of drug-likeness (QED) is 0.763. The molecular weight excluding hydrogens is 356 g/mol. The largest absolute Gasteiger partial charge is 0.349 e. The summed E-state index contributed by atoms with van der Waals surface area (Å²) < 4.78 is 16.2. The van der Waals surface area contributed by atoms with Crippen molar-refractivity contribution in [2.45, 2.75) is 58.5 Å². The minimum atomic E-state index is -1.39. The van der Waals surface area contributed by atoms with Gasteiger partial charge in [0.05, 0.1) is 10.9 Å². The van der Waals surface area contributed by atoms with E-state index in [9.17, 15) is 9.00 Å². The molecule has 3 atom stereocenters. The van der Waals surface area contributed by atoms with Crippen LogP contribution in [0.5, 0.6) is 0 Å². The summed E-state index contributed by atoms with van der Waals surface area (Å²) in [5.74, 6) is -0.0310. The minimum Gasteiger partial charge on any atom is -0.349 e. The Labute approximate surface area is 165 Å². The molecule has 0 bridgehead atoms. The molecule has 0 spiro atoms. The summed E-state index contributed by atoms with van der Waals surface area (Å²) in [5, 5.41) is 3.02. The zero-order valence-corrected chi connectivity index (χ0v) is 17.8. The molecule has 0 radical (unpaired) electrons. The third-order valence-electron chi connectivity index (χ3n) is 4.48. The number of nitrogens with one attached hydrogen (secondary N) is 2. The summed E-state index contributed by atoms with van der Waals surface area (Å²) in [4.78, 5) is 13.0. The highest BCUT2D eigenvalue weighted by molar-refractivity contribution is 7.83. The monoisotopic (exact) mass is 386 g/mol. The fourth-order valence-electron chi connectivity index (χ4n) is 2.65. The van der Waals surface area contributed by atoms with Crippen LogP contribution in [0.1, 0.15) is 63.4 Å². The molecule has 4 nitrogen and oxygen atoms in total. The third-order valence-corrected chi connectivity index (χ3v) is 5.81. The zero-order chi connectivity index (χ0) is 20.2. The van der Waals surface area contributed by atoms with Crippen LogP contribution >= 0.6 is 0 Å². The molecule has 2 rings (SSSR count). The maximum atomic E-state index is 13.0. The van der Waals surface area contributed by atoms with E-state index in [-0.39, 0.29) is 18.0 Å². The Morgan fingerprint density at radius 3 is 2.15 bits per heavy atom. The summed E-state index contributed by atoms with van der Waals surface area (Å²) in [6.07, 6.45) is 0. The highest BCUT2D eigenvalue weighted by Gasteiger charge is 2.24. The Balaban J connectivity index is 2.17.